The van der Waals surface area contributed by atoms with Gasteiger partial charge in [-0.3, -0.25) is 0 Å². The summed E-state index contributed by atoms with van der Waals surface area (Å²) in [7, 11) is 0. The van der Waals surface area contributed by atoms with Gasteiger partial charge in [-0.05, 0) is 24.2 Å². The molecule has 78 valence electrons. The third-order valence-corrected chi connectivity index (χ3v) is 3.01. The summed E-state index contributed by atoms with van der Waals surface area (Å²) in [6.45, 7) is 10.4. The fourth-order valence-corrected chi connectivity index (χ4v) is 2.06. The lowest BCUT2D eigenvalue weighted by Crippen LogP contribution is -2.41. The molecule has 1 nitrogen and oxygen atoms in total. The van der Waals surface area contributed by atoms with E-state index in [1.165, 1.54) is 25.7 Å². The number of hydrogen-bond donors (Lipinski definition) is 1. The molecule has 0 aromatic carbocycles. The molecule has 0 aromatic heterocycles. The Morgan fingerprint density at radius 2 is 1.77 bits per heavy atom. The van der Waals surface area contributed by atoms with Crippen LogP contribution >= 0.6 is 0 Å². The van der Waals surface area contributed by atoms with Crippen molar-refractivity contribution < 1.29 is 0 Å². The molecule has 1 aliphatic rings. The maximum atomic E-state index is 3.71. The van der Waals surface area contributed by atoms with Crippen LogP contribution in [0, 0.1) is 11.3 Å². The molecule has 0 saturated heterocycles. The maximum Gasteiger partial charge on any atom is 0.00929 e. The number of rotatable bonds is 2. The molecule has 13 heavy (non-hydrogen) atoms. The predicted molar refractivity (Wildman–Crippen MR) is 58.9 cm³/mol. The predicted octanol–water partition coefficient (Wildman–Crippen LogP) is 3.20. The van der Waals surface area contributed by atoms with E-state index in [-0.39, 0.29) is 0 Å². The van der Waals surface area contributed by atoms with Crippen LogP contribution < -0.4 is 5.32 Å². The topological polar surface area (TPSA) is 12.0 Å². The zero-order chi connectivity index (χ0) is 9.90. The van der Waals surface area contributed by atoms with Gasteiger partial charge < -0.3 is 5.32 Å². The molecular formula is C12H25N. The summed E-state index contributed by atoms with van der Waals surface area (Å²) in [5, 5.41) is 3.71. The van der Waals surface area contributed by atoms with Gasteiger partial charge in [0.15, 0.2) is 0 Å². The largest absolute Gasteiger partial charge is 0.313 e. The summed E-state index contributed by atoms with van der Waals surface area (Å²) in [6.07, 6.45) is 5.67. The highest BCUT2D eigenvalue weighted by Gasteiger charge is 2.22. The highest BCUT2D eigenvalue weighted by atomic mass is 14.9. The second-order valence-corrected chi connectivity index (χ2v) is 5.81. The van der Waals surface area contributed by atoms with Crippen molar-refractivity contribution in [2.45, 2.75) is 59.4 Å². The molecule has 1 saturated carbocycles. The first-order valence-electron chi connectivity index (χ1n) is 5.72. The minimum atomic E-state index is 0.428. The van der Waals surface area contributed by atoms with Crippen molar-refractivity contribution in [3.05, 3.63) is 0 Å². The van der Waals surface area contributed by atoms with Gasteiger partial charge in [0.05, 0.1) is 0 Å². The van der Waals surface area contributed by atoms with Gasteiger partial charge in [0, 0.05) is 12.6 Å². The SMILES string of the molecule is C[C@@H]1CCCC[C@@H]1NCC(C)(C)C. The maximum absolute atomic E-state index is 3.71. The van der Waals surface area contributed by atoms with Crippen LogP contribution in [0.1, 0.15) is 53.4 Å². The Morgan fingerprint density at radius 1 is 1.15 bits per heavy atom. The molecular weight excluding hydrogens is 158 g/mol. The van der Waals surface area contributed by atoms with Gasteiger partial charge in [-0.25, -0.2) is 0 Å². The highest BCUT2D eigenvalue weighted by Crippen LogP contribution is 2.24. The van der Waals surface area contributed by atoms with Crippen molar-refractivity contribution in [1.29, 1.82) is 0 Å². The summed E-state index contributed by atoms with van der Waals surface area (Å²) in [4.78, 5) is 0. The molecule has 1 fully saturated rings. The Bertz CT molecular complexity index is 146. The number of nitrogens with one attached hydrogen (secondary N) is 1. The summed E-state index contributed by atoms with van der Waals surface area (Å²) < 4.78 is 0. The zero-order valence-electron chi connectivity index (χ0n) is 9.69. The van der Waals surface area contributed by atoms with Crippen molar-refractivity contribution in [3.8, 4) is 0 Å². The highest BCUT2D eigenvalue weighted by molar-refractivity contribution is 4.79. The lowest BCUT2D eigenvalue weighted by Gasteiger charge is -2.32. The first-order valence-corrected chi connectivity index (χ1v) is 5.72. The van der Waals surface area contributed by atoms with Crippen molar-refractivity contribution in [2.24, 2.45) is 11.3 Å². The van der Waals surface area contributed by atoms with Crippen molar-refractivity contribution in [1.82, 2.24) is 5.32 Å². The first-order chi connectivity index (χ1) is 5.99. The van der Waals surface area contributed by atoms with E-state index in [0.717, 1.165) is 18.5 Å². The van der Waals surface area contributed by atoms with Gasteiger partial charge in [0.2, 0.25) is 0 Å². The fourth-order valence-electron chi connectivity index (χ4n) is 2.06. The molecule has 0 radical (unpaired) electrons. The smallest absolute Gasteiger partial charge is 0.00929 e. The molecule has 0 amide bonds. The van der Waals surface area contributed by atoms with Crippen LogP contribution in [0.2, 0.25) is 0 Å². The number of hydrogen-bond acceptors (Lipinski definition) is 1. The Balaban J connectivity index is 2.27. The first kappa shape index (κ1) is 11.0. The summed E-state index contributed by atoms with van der Waals surface area (Å²) >= 11 is 0. The summed E-state index contributed by atoms with van der Waals surface area (Å²) in [5.41, 5.74) is 0.428. The normalized spacial score (nSPS) is 30.5. The van der Waals surface area contributed by atoms with E-state index >= 15 is 0 Å². The molecule has 1 N–H and O–H groups in total. The summed E-state index contributed by atoms with van der Waals surface area (Å²) in [6, 6.07) is 0.785. The average molecular weight is 183 g/mol. The molecule has 0 bridgehead atoms. The van der Waals surface area contributed by atoms with Crippen LogP contribution in [-0.4, -0.2) is 12.6 Å². The van der Waals surface area contributed by atoms with Crippen LogP contribution in [0.5, 0.6) is 0 Å². The van der Waals surface area contributed by atoms with Crippen LogP contribution in [0.15, 0.2) is 0 Å². The van der Waals surface area contributed by atoms with Crippen LogP contribution in [-0.2, 0) is 0 Å². The van der Waals surface area contributed by atoms with Gasteiger partial charge in [0.1, 0.15) is 0 Å². The zero-order valence-corrected chi connectivity index (χ0v) is 9.69. The molecule has 1 rings (SSSR count). The molecule has 0 heterocycles. The van der Waals surface area contributed by atoms with E-state index in [1.54, 1.807) is 0 Å². The molecule has 0 aliphatic heterocycles. The quantitative estimate of drug-likeness (QED) is 0.693. The third kappa shape index (κ3) is 4.12. The van der Waals surface area contributed by atoms with Crippen molar-refractivity contribution in [3.63, 3.8) is 0 Å². The molecule has 1 aliphatic carbocycles. The van der Waals surface area contributed by atoms with Crippen molar-refractivity contribution >= 4 is 0 Å². The van der Waals surface area contributed by atoms with Crippen LogP contribution in [0.3, 0.4) is 0 Å². The summed E-state index contributed by atoms with van der Waals surface area (Å²) in [5.74, 6) is 0.885. The Hall–Kier alpha value is -0.0400. The van der Waals surface area contributed by atoms with E-state index in [1.807, 2.05) is 0 Å². The molecule has 2 atom stereocenters. The Kier molecular flexibility index (Phi) is 3.78. The molecule has 0 aromatic rings. The minimum Gasteiger partial charge on any atom is -0.313 e. The van der Waals surface area contributed by atoms with Gasteiger partial charge in [-0.15, -0.1) is 0 Å². The third-order valence-electron chi connectivity index (χ3n) is 3.01. The molecule has 0 unspecified atom stereocenters. The van der Waals surface area contributed by atoms with E-state index in [4.69, 9.17) is 0 Å². The van der Waals surface area contributed by atoms with Crippen LogP contribution in [0.4, 0.5) is 0 Å². The molecule has 0 spiro atoms. The van der Waals surface area contributed by atoms with E-state index in [0.29, 0.717) is 5.41 Å². The van der Waals surface area contributed by atoms with Gasteiger partial charge in [-0.1, -0.05) is 40.5 Å². The van der Waals surface area contributed by atoms with Gasteiger partial charge in [-0.2, -0.15) is 0 Å². The second-order valence-electron chi connectivity index (χ2n) is 5.81. The van der Waals surface area contributed by atoms with Crippen LogP contribution in [0.25, 0.3) is 0 Å². The van der Waals surface area contributed by atoms with E-state index < -0.39 is 0 Å². The average Bonchev–Trinajstić information content (AvgIpc) is 2.01. The standard InChI is InChI=1S/C12H25N/c1-10-7-5-6-8-11(10)13-9-12(2,3)4/h10-11,13H,5-9H2,1-4H3/t10-,11+/m1/s1. The van der Waals surface area contributed by atoms with Gasteiger partial charge >= 0.3 is 0 Å². The minimum absolute atomic E-state index is 0.428. The lowest BCUT2D eigenvalue weighted by atomic mass is 9.85. The monoisotopic (exact) mass is 183 g/mol. The Morgan fingerprint density at radius 3 is 2.31 bits per heavy atom. The van der Waals surface area contributed by atoms with E-state index in [2.05, 4.69) is 33.0 Å². The molecule has 1 heteroatoms. The van der Waals surface area contributed by atoms with Gasteiger partial charge in [0.25, 0.3) is 0 Å². The fraction of sp³-hybridized carbons (Fsp3) is 1.00. The lowest BCUT2D eigenvalue weighted by molar-refractivity contribution is 0.249. The van der Waals surface area contributed by atoms with E-state index in [9.17, 15) is 0 Å². The second kappa shape index (κ2) is 4.45. The Labute approximate surface area is 83.3 Å². The van der Waals surface area contributed by atoms with Crippen molar-refractivity contribution in [2.75, 3.05) is 6.54 Å².